The van der Waals surface area contributed by atoms with Gasteiger partial charge in [0.2, 0.25) is 0 Å². The van der Waals surface area contributed by atoms with Crippen molar-refractivity contribution < 1.29 is 9.53 Å². The van der Waals surface area contributed by atoms with Gasteiger partial charge < -0.3 is 9.64 Å². The van der Waals surface area contributed by atoms with E-state index in [-0.39, 0.29) is 5.78 Å². The standard InChI is InChI=1S/C14H20N2O2/c1-11(17)14-6-5-13(9-15-14)16(2)7-8-18-10-12-3-4-12/h5-6,9,12H,3-4,7-8,10H2,1-2H3. The van der Waals surface area contributed by atoms with Crippen molar-refractivity contribution in [2.24, 2.45) is 5.92 Å². The first-order valence-corrected chi connectivity index (χ1v) is 6.42. The predicted octanol–water partition coefficient (Wildman–Crippen LogP) is 2.15. The third-order valence-corrected chi connectivity index (χ3v) is 3.17. The molecule has 0 atom stereocenters. The van der Waals surface area contributed by atoms with Crippen molar-refractivity contribution >= 4 is 11.5 Å². The van der Waals surface area contributed by atoms with E-state index in [0.717, 1.165) is 31.4 Å². The summed E-state index contributed by atoms with van der Waals surface area (Å²) in [6, 6.07) is 3.68. The predicted molar refractivity (Wildman–Crippen MR) is 71.1 cm³/mol. The number of Topliss-reactive ketones (excluding diaryl/α,β-unsaturated/α-hetero) is 1. The number of likely N-dealkylation sites (N-methyl/N-ethyl adjacent to an activating group) is 1. The normalized spacial score (nSPS) is 14.6. The largest absolute Gasteiger partial charge is 0.379 e. The van der Waals surface area contributed by atoms with Crippen LogP contribution in [0.15, 0.2) is 18.3 Å². The molecule has 4 heteroatoms. The minimum Gasteiger partial charge on any atom is -0.379 e. The minimum absolute atomic E-state index is 0.00281. The molecule has 98 valence electrons. The van der Waals surface area contributed by atoms with Crippen LogP contribution in [-0.2, 0) is 4.74 Å². The lowest BCUT2D eigenvalue weighted by atomic mass is 10.2. The summed E-state index contributed by atoms with van der Waals surface area (Å²) in [5.74, 6) is 0.809. The van der Waals surface area contributed by atoms with Gasteiger partial charge in [-0.2, -0.15) is 0 Å². The second kappa shape index (κ2) is 5.96. The summed E-state index contributed by atoms with van der Waals surface area (Å²) in [5.41, 5.74) is 1.52. The molecule has 1 heterocycles. The van der Waals surface area contributed by atoms with Crippen molar-refractivity contribution in [2.45, 2.75) is 19.8 Å². The number of hydrogen-bond acceptors (Lipinski definition) is 4. The lowest BCUT2D eigenvalue weighted by Gasteiger charge is -2.18. The van der Waals surface area contributed by atoms with Crippen molar-refractivity contribution in [3.05, 3.63) is 24.0 Å². The van der Waals surface area contributed by atoms with Gasteiger partial charge >= 0.3 is 0 Å². The summed E-state index contributed by atoms with van der Waals surface area (Å²) in [4.78, 5) is 17.3. The van der Waals surface area contributed by atoms with E-state index in [1.807, 2.05) is 13.1 Å². The molecule has 1 aliphatic rings. The lowest BCUT2D eigenvalue weighted by molar-refractivity contribution is 0.101. The molecule has 0 spiro atoms. The summed E-state index contributed by atoms with van der Waals surface area (Å²) in [6.45, 7) is 4.00. The van der Waals surface area contributed by atoms with Crippen LogP contribution in [0.1, 0.15) is 30.3 Å². The molecule has 0 amide bonds. The molecule has 0 N–H and O–H groups in total. The molecule has 0 aliphatic heterocycles. The third kappa shape index (κ3) is 3.81. The summed E-state index contributed by atoms with van der Waals surface area (Å²) >= 11 is 0. The average Bonchev–Trinajstić information content (AvgIpc) is 3.18. The van der Waals surface area contributed by atoms with Gasteiger partial charge in [0.05, 0.1) is 18.5 Å². The summed E-state index contributed by atoms with van der Waals surface area (Å²) in [6.07, 6.45) is 4.39. The molecular formula is C14H20N2O2. The number of hydrogen-bond donors (Lipinski definition) is 0. The molecule has 4 nitrogen and oxygen atoms in total. The van der Waals surface area contributed by atoms with Crippen molar-refractivity contribution in [3.63, 3.8) is 0 Å². The van der Waals surface area contributed by atoms with Crippen LogP contribution in [0.3, 0.4) is 0 Å². The van der Waals surface area contributed by atoms with E-state index in [2.05, 4.69) is 9.88 Å². The van der Waals surface area contributed by atoms with Gasteiger partial charge in [-0.25, -0.2) is 0 Å². The first-order chi connectivity index (χ1) is 8.66. The van der Waals surface area contributed by atoms with E-state index in [1.165, 1.54) is 19.8 Å². The van der Waals surface area contributed by atoms with Crippen LogP contribution >= 0.6 is 0 Å². The second-order valence-corrected chi connectivity index (χ2v) is 4.90. The quantitative estimate of drug-likeness (QED) is 0.547. The molecule has 1 aromatic rings. The van der Waals surface area contributed by atoms with Crippen LogP contribution < -0.4 is 4.90 Å². The highest BCUT2D eigenvalue weighted by Crippen LogP contribution is 2.28. The summed E-state index contributed by atoms with van der Waals surface area (Å²) < 4.78 is 5.60. The van der Waals surface area contributed by atoms with Crippen molar-refractivity contribution in [3.8, 4) is 0 Å². The highest BCUT2D eigenvalue weighted by atomic mass is 16.5. The first kappa shape index (κ1) is 13.0. The maximum atomic E-state index is 11.1. The maximum absolute atomic E-state index is 11.1. The molecule has 0 saturated heterocycles. The Morgan fingerprint density at radius 2 is 2.28 bits per heavy atom. The number of aromatic nitrogens is 1. The van der Waals surface area contributed by atoms with Crippen LogP contribution in [0, 0.1) is 5.92 Å². The van der Waals surface area contributed by atoms with Crippen molar-refractivity contribution in [1.29, 1.82) is 0 Å². The number of ketones is 1. The van der Waals surface area contributed by atoms with Gasteiger partial charge in [0.25, 0.3) is 0 Å². The second-order valence-electron chi connectivity index (χ2n) is 4.90. The Bertz CT molecular complexity index is 399. The zero-order valence-corrected chi connectivity index (χ0v) is 11.1. The summed E-state index contributed by atoms with van der Waals surface area (Å²) in [7, 11) is 2.00. The van der Waals surface area contributed by atoms with Crippen LogP contribution in [0.4, 0.5) is 5.69 Å². The fourth-order valence-corrected chi connectivity index (χ4v) is 1.69. The van der Waals surface area contributed by atoms with Crippen LogP contribution in [0.5, 0.6) is 0 Å². The van der Waals surface area contributed by atoms with E-state index in [4.69, 9.17) is 4.74 Å². The Balaban J connectivity index is 1.76. The Morgan fingerprint density at radius 3 is 2.83 bits per heavy atom. The fraction of sp³-hybridized carbons (Fsp3) is 0.571. The average molecular weight is 248 g/mol. The number of nitrogens with zero attached hydrogens (tertiary/aromatic N) is 2. The van der Waals surface area contributed by atoms with Gasteiger partial charge in [-0.3, -0.25) is 9.78 Å². The molecular weight excluding hydrogens is 228 g/mol. The number of anilines is 1. The van der Waals surface area contributed by atoms with E-state index in [9.17, 15) is 4.79 Å². The minimum atomic E-state index is -0.00281. The van der Waals surface area contributed by atoms with Crippen molar-refractivity contribution in [2.75, 3.05) is 31.7 Å². The van der Waals surface area contributed by atoms with Crippen LogP contribution in [0.25, 0.3) is 0 Å². The smallest absolute Gasteiger partial charge is 0.178 e. The van der Waals surface area contributed by atoms with Gasteiger partial charge in [-0.1, -0.05) is 0 Å². The maximum Gasteiger partial charge on any atom is 0.178 e. The lowest BCUT2D eigenvalue weighted by Crippen LogP contribution is -2.23. The molecule has 0 aromatic carbocycles. The number of ether oxygens (including phenoxy) is 1. The van der Waals surface area contributed by atoms with Crippen LogP contribution in [0.2, 0.25) is 0 Å². The van der Waals surface area contributed by atoms with Gasteiger partial charge in [0.1, 0.15) is 5.69 Å². The number of carbonyl (C=O) groups is 1. The molecule has 1 aliphatic carbocycles. The molecule has 2 rings (SSSR count). The Labute approximate surface area is 108 Å². The molecule has 18 heavy (non-hydrogen) atoms. The van der Waals surface area contributed by atoms with E-state index < -0.39 is 0 Å². The topological polar surface area (TPSA) is 42.4 Å². The molecule has 0 radical (unpaired) electrons. The van der Waals surface area contributed by atoms with Gasteiger partial charge in [0, 0.05) is 27.1 Å². The van der Waals surface area contributed by atoms with Gasteiger partial charge in [0.15, 0.2) is 5.78 Å². The Kier molecular flexibility index (Phi) is 4.31. The molecule has 1 saturated carbocycles. The molecule has 1 aromatic heterocycles. The molecule has 1 fully saturated rings. The monoisotopic (exact) mass is 248 g/mol. The highest BCUT2D eigenvalue weighted by molar-refractivity contribution is 5.92. The summed E-state index contributed by atoms with van der Waals surface area (Å²) in [5, 5.41) is 0. The highest BCUT2D eigenvalue weighted by Gasteiger charge is 2.20. The Morgan fingerprint density at radius 1 is 1.50 bits per heavy atom. The molecule has 0 unspecified atom stereocenters. The van der Waals surface area contributed by atoms with Crippen molar-refractivity contribution in [1.82, 2.24) is 4.98 Å². The van der Waals surface area contributed by atoms with E-state index >= 15 is 0 Å². The number of carbonyl (C=O) groups excluding carboxylic acids is 1. The number of rotatable bonds is 7. The third-order valence-electron chi connectivity index (χ3n) is 3.17. The SMILES string of the molecule is CC(=O)c1ccc(N(C)CCOCC2CC2)cn1. The fourth-order valence-electron chi connectivity index (χ4n) is 1.69. The number of pyridine rings is 1. The zero-order valence-electron chi connectivity index (χ0n) is 11.1. The van der Waals surface area contributed by atoms with E-state index in [1.54, 1.807) is 12.3 Å². The van der Waals surface area contributed by atoms with Crippen LogP contribution in [-0.4, -0.2) is 37.6 Å². The first-order valence-electron chi connectivity index (χ1n) is 6.42. The van der Waals surface area contributed by atoms with Gasteiger partial charge in [-0.05, 0) is 30.9 Å². The van der Waals surface area contributed by atoms with E-state index in [0.29, 0.717) is 5.69 Å². The zero-order chi connectivity index (χ0) is 13.0. The Hall–Kier alpha value is -1.42. The molecule has 0 bridgehead atoms. The van der Waals surface area contributed by atoms with Gasteiger partial charge in [-0.15, -0.1) is 0 Å².